The van der Waals surface area contributed by atoms with E-state index in [1.807, 2.05) is 6.07 Å². The molecule has 0 bridgehead atoms. The number of aromatic nitrogens is 1. The quantitative estimate of drug-likeness (QED) is 0.738. The van der Waals surface area contributed by atoms with E-state index in [1.54, 1.807) is 0 Å². The zero-order chi connectivity index (χ0) is 11.0. The molecule has 0 radical (unpaired) electrons. The van der Waals surface area contributed by atoms with E-state index in [1.165, 1.54) is 5.56 Å². The second-order valence-electron chi connectivity index (χ2n) is 4.53. The van der Waals surface area contributed by atoms with Crippen molar-refractivity contribution in [3.05, 3.63) is 33.2 Å². The molecule has 1 aliphatic carbocycles. The summed E-state index contributed by atoms with van der Waals surface area (Å²) in [5.74, 6) is 0.912. The van der Waals surface area contributed by atoms with Crippen molar-refractivity contribution in [1.29, 1.82) is 0 Å². The van der Waals surface area contributed by atoms with Crippen LogP contribution in [-0.2, 0) is 6.61 Å². The smallest absolute Gasteiger partial charge is 0.253 e. The summed E-state index contributed by atoms with van der Waals surface area (Å²) in [4.78, 5) is 14.5. The second-order valence-corrected chi connectivity index (χ2v) is 4.53. The molecule has 1 heterocycles. The number of hydrogen-bond donors (Lipinski definition) is 2. The van der Waals surface area contributed by atoms with Gasteiger partial charge in [-0.1, -0.05) is 13.8 Å². The number of aromatic amines is 1. The van der Waals surface area contributed by atoms with Crippen LogP contribution in [0, 0.1) is 0 Å². The lowest BCUT2D eigenvalue weighted by molar-refractivity contribution is 0.279. The summed E-state index contributed by atoms with van der Waals surface area (Å²) in [5.41, 5.74) is 2.61. The molecule has 0 fully saturated rings. The molecule has 1 aromatic heterocycles. The van der Waals surface area contributed by atoms with Gasteiger partial charge < -0.3 is 10.1 Å². The average Bonchev–Trinajstić information content (AvgIpc) is 2.23. The van der Waals surface area contributed by atoms with Crippen molar-refractivity contribution < 1.29 is 5.11 Å². The summed E-state index contributed by atoms with van der Waals surface area (Å²) in [5, 5.41) is 9.05. The van der Waals surface area contributed by atoms with Gasteiger partial charge in [0.2, 0.25) is 0 Å². The molecule has 3 nitrogen and oxygen atoms in total. The molecule has 82 valence electrons. The van der Waals surface area contributed by atoms with E-state index in [9.17, 15) is 4.79 Å². The molecule has 2 N–H and O–H groups in total. The Balaban J connectivity index is 2.59. The van der Waals surface area contributed by atoms with Crippen LogP contribution in [0.1, 0.15) is 55.3 Å². The maximum atomic E-state index is 11.6. The summed E-state index contributed by atoms with van der Waals surface area (Å²) in [6.07, 6.45) is 2.29. The highest BCUT2D eigenvalue weighted by molar-refractivity contribution is 5.32. The zero-order valence-electron chi connectivity index (χ0n) is 9.21. The van der Waals surface area contributed by atoms with Crippen molar-refractivity contribution in [1.82, 2.24) is 4.98 Å². The van der Waals surface area contributed by atoms with Gasteiger partial charge >= 0.3 is 0 Å². The number of aliphatic hydroxyl groups excluding tert-OH is 1. The van der Waals surface area contributed by atoms with Gasteiger partial charge in [0, 0.05) is 11.3 Å². The summed E-state index contributed by atoms with van der Waals surface area (Å²) in [6.45, 7) is 4.13. The predicted octanol–water partition coefficient (Wildman–Crippen LogP) is 1.87. The molecule has 0 aliphatic heterocycles. The SMILES string of the molecule is CC1CCC(C)c2[nH]c(=O)c(CO)cc21. The topological polar surface area (TPSA) is 53.1 Å². The number of nitrogens with one attached hydrogen (secondary N) is 1. The van der Waals surface area contributed by atoms with E-state index < -0.39 is 0 Å². The van der Waals surface area contributed by atoms with Crippen molar-refractivity contribution in [3.63, 3.8) is 0 Å². The molecular formula is C12H17NO2. The Morgan fingerprint density at radius 3 is 2.73 bits per heavy atom. The van der Waals surface area contributed by atoms with Crippen molar-refractivity contribution in [2.75, 3.05) is 0 Å². The van der Waals surface area contributed by atoms with Crippen molar-refractivity contribution in [3.8, 4) is 0 Å². The minimum atomic E-state index is -0.177. The van der Waals surface area contributed by atoms with Crippen LogP contribution in [0.5, 0.6) is 0 Å². The lowest BCUT2D eigenvalue weighted by Crippen LogP contribution is -2.22. The summed E-state index contributed by atoms with van der Waals surface area (Å²) in [6, 6.07) is 1.87. The Morgan fingerprint density at radius 2 is 2.07 bits per heavy atom. The Labute approximate surface area is 89.2 Å². The Kier molecular flexibility index (Phi) is 2.65. The van der Waals surface area contributed by atoms with Gasteiger partial charge in [-0.15, -0.1) is 0 Å². The molecule has 2 unspecified atom stereocenters. The number of H-pyrrole nitrogens is 1. The average molecular weight is 207 g/mol. The Hall–Kier alpha value is -1.09. The second kappa shape index (κ2) is 3.81. The molecule has 15 heavy (non-hydrogen) atoms. The molecular weight excluding hydrogens is 190 g/mol. The van der Waals surface area contributed by atoms with Crippen LogP contribution < -0.4 is 5.56 Å². The summed E-state index contributed by atoms with van der Waals surface area (Å²) >= 11 is 0. The Morgan fingerprint density at radius 1 is 1.40 bits per heavy atom. The Bertz CT molecular complexity index is 422. The van der Waals surface area contributed by atoms with E-state index >= 15 is 0 Å². The van der Waals surface area contributed by atoms with Crippen molar-refractivity contribution in [2.45, 2.75) is 45.1 Å². The fraction of sp³-hybridized carbons (Fsp3) is 0.583. The maximum Gasteiger partial charge on any atom is 0.253 e. The summed E-state index contributed by atoms with van der Waals surface area (Å²) in [7, 11) is 0. The minimum absolute atomic E-state index is 0.141. The van der Waals surface area contributed by atoms with Gasteiger partial charge in [-0.05, 0) is 36.3 Å². The predicted molar refractivity (Wildman–Crippen MR) is 59.0 cm³/mol. The van der Waals surface area contributed by atoms with Crippen LogP contribution in [0.2, 0.25) is 0 Å². The van der Waals surface area contributed by atoms with Gasteiger partial charge in [-0.2, -0.15) is 0 Å². The van der Waals surface area contributed by atoms with Crippen molar-refractivity contribution in [2.24, 2.45) is 0 Å². The molecule has 1 aromatic rings. The standard InChI is InChI=1S/C12H17NO2/c1-7-3-4-8(2)11-10(7)5-9(6-14)12(15)13-11/h5,7-8,14H,3-4,6H2,1-2H3,(H,13,15). The first-order chi connectivity index (χ1) is 7.13. The highest BCUT2D eigenvalue weighted by atomic mass is 16.3. The van der Waals surface area contributed by atoms with E-state index in [0.29, 0.717) is 17.4 Å². The van der Waals surface area contributed by atoms with Crippen LogP contribution in [-0.4, -0.2) is 10.1 Å². The summed E-state index contributed by atoms with van der Waals surface area (Å²) < 4.78 is 0. The van der Waals surface area contributed by atoms with Crippen LogP contribution in [0.3, 0.4) is 0 Å². The molecule has 3 heteroatoms. The van der Waals surface area contributed by atoms with Gasteiger partial charge in [0.15, 0.2) is 0 Å². The third kappa shape index (κ3) is 1.72. The number of rotatable bonds is 1. The van der Waals surface area contributed by atoms with Crippen LogP contribution >= 0.6 is 0 Å². The van der Waals surface area contributed by atoms with E-state index in [4.69, 9.17) is 5.11 Å². The molecule has 0 aromatic carbocycles. The molecule has 0 saturated carbocycles. The maximum absolute atomic E-state index is 11.6. The fourth-order valence-electron chi connectivity index (χ4n) is 2.34. The number of pyridine rings is 1. The van der Waals surface area contributed by atoms with Crippen LogP contribution in [0.4, 0.5) is 0 Å². The van der Waals surface area contributed by atoms with Gasteiger partial charge in [0.25, 0.3) is 5.56 Å². The van der Waals surface area contributed by atoms with Crippen molar-refractivity contribution >= 4 is 0 Å². The largest absolute Gasteiger partial charge is 0.391 e. The third-order valence-corrected chi connectivity index (χ3v) is 3.41. The normalized spacial score (nSPS) is 25.0. The molecule has 2 atom stereocenters. The molecule has 0 saturated heterocycles. The van der Waals surface area contributed by atoms with Crippen LogP contribution in [0.15, 0.2) is 10.9 Å². The van der Waals surface area contributed by atoms with Gasteiger partial charge in [0.05, 0.1) is 6.61 Å². The van der Waals surface area contributed by atoms with Gasteiger partial charge in [-0.3, -0.25) is 4.79 Å². The zero-order valence-corrected chi connectivity index (χ0v) is 9.21. The first-order valence-electron chi connectivity index (χ1n) is 5.50. The van der Waals surface area contributed by atoms with E-state index in [-0.39, 0.29) is 12.2 Å². The fourth-order valence-corrected chi connectivity index (χ4v) is 2.34. The van der Waals surface area contributed by atoms with Crippen LogP contribution in [0.25, 0.3) is 0 Å². The van der Waals surface area contributed by atoms with Gasteiger partial charge in [0.1, 0.15) is 0 Å². The lowest BCUT2D eigenvalue weighted by Gasteiger charge is -2.27. The first kappa shape index (κ1) is 10.4. The molecule has 2 rings (SSSR count). The van der Waals surface area contributed by atoms with Gasteiger partial charge in [-0.25, -0.2) is 0 Å². The molecule has 0 spiro atoms. The molecule has 0 amide bonds. The van der Waals surface area contributed by atoms with E-state index in [2.05, 4.69) is 18.8 Å². The number of hydrogen-bond acceptors (Lipinski definition) is 2. The first-order valence-corrected chi connectivity index (χ1v) is 5.50. The highest BCUT2D eigenvalue weighted by Gasteiger charge is 2.23. The number of aliphatic hydroxyl groups is 1. The third-order valence-electron chi connectivity index (χ3n) is 3.41. The minimum Gasteiger partial charge on any atom is -0.391 e. The lowest BCUT2D eigenvalue weighted by atomic mass is 9.81. The number of fused-ring (bicyclic) bond motifs is 1. The highest BCUT2D eigenvalue weighted by Crippen LogP contribution is 2.36. The van der Waals surface area contributed by atoms with E-state index in [0.717, 1.165) is 18.5 Å². The monoisotopic (exact) mass is 207 g/mol. The molecule has 1 aliphatic rings.